The van der Waals surface area contributed by atoms with Crippen LogP contribution in [0.4, 0.5) is 10.1 Å². The standard InChI is InChI=1S/C15H14ClFN2O3/c1-22-11-4-2-3-9(7-11)14(20)15(21)19-18-10-5-6-12(16)13(17)8-10/h2-8,14,18,20H,1H3,(H,19,21). The van der Waals surface area contributed by atoms with E-state index in [9.17, 15) is 14.3 Å². The molecule has 0 saturated heterocycles. The number of carbonyl (C=O) groups is 1. The molecule has 0 spiro atoms. The van der Waals surface area contributed by atoms with Crippen LogP contribution in [-0.4, -0.2) is 18.1 Å². The van der Waals surface area contributed by atoms with E-state index in [1.807, 2.05) is 0 Å². The van der Waals surface area contributed by atoms with Gasteiger partial charge >= 0.3 is 0 Å². The molecule has 1 unspecified atom stereocenters. The molecule has 116 valence electrons. The number of halogens is 2. The molecular formula is C15H14ClFN2O3. The summed E-state index contributed by atoms with van der Waals surface area (Å²) in [6.07, 6.45) is -1.39. The van der Waals surface area contributed by atoms with Gasteiger partial charge in [-0.3, -0.25) is 15.6 Å². The highest BCUT2D eigenvalue weighted by Gasteiger charge is 2.17. The molecule has 7 heteroatoms. The van der Waals surface area contributed by atoms with Gasteiger partial charge in [0.25, 0.3) is 5.91 Å². The van der Waals surface area contributed by atoms with Crippen molar-refractivity contribution in [2.75, 3.05) is 12.5 Å². The van der Waals surface area contributed by atoms with Gasteiger partial charge < -0.3 is 9.84 Å². The van der Waals surface area contributed by atoms with Crippen molar-refractivity contribution in [3.8, 4) is 5.75 Å². The molecule has 0 aliphatic carbocycles. The SMILES string of the molecule is COc1cccc(C(O)C(=O)NNc2ccc(Cl)c(F)c2)c1. The number of methoxy groups -OCH3 is 1. The van der Waals surface area contributed by atoms with E-state index in [1.165, 1.54) is 19.2 Å². The third kappa shape index (κ3) is 3.87. The van der Waals surface area contributed by atoms with Gasteiger partial charge in [-0.2, -0.15) is 0 Å². The molecule has 0 heterocycles. The number of hydrogen-bond donors (Lipinski definition) is 3. The number of amides is 1. The second kappa shape index (κ2) is 7.11. The van der Waals surface area contributed by atoms with Gasteiger partial charge in [-0.15, -0.1) is 0 Å². The Balaban J connectivity index is 2.00. The Hall–Kier alpha value is -2.31. The number of aliphatic hydroxyl groups excluding tert-OH is 1. The van der Waals surface area contributed by atoms with E-state index in [0.717, 1.165) is 6.07 Å². The Labute approximate surface area is 131 Å². The van der Waals surface area contributed by atoms with Crippen molar-refractivity contribution in [1.82, 2.24) is 5.43 Å². The van der Waals surface area contributed by atoms with Gasteiger partial charge in [0.1, 0.15) is 11.6 Å². The Kier molecular flexibility index (Phi) is 5.19. The molecule has 0 radical (unpaired) electrons. The Morgan fingerprint density at radius 1 is 1.32 bits per heavy atom. The Bertz CT molecular complexity index is 682. The molecular weight excluding hydrogens is 311 g/mol. The van der Waals surface area contributed by atoms with Crippen molar-refractivity contribution in [1.29, 1.82) is 0 Å². The lowest BCUT2D eigenvalue weighted by molar-refractivity contribution is -0.129. The second-order valence-corrected chi connectivity index (χ2v) is 4.83. The minimum atomic E-state index is -1.39. The molecule has 0 saturated carbocycles. The monoisotopic (exact) mass is 324 g/mol. The molecule has 3 N–H and O–H groups in total. The number of ether oxygens (including phenoxy) is 1. The molecule has 0 fully saturated rings. The maximum Gasteiger partial charge on any atom is 0.271 e. The van der Waals surface area contributed by atoms with Crippen LogP contribution in [0.1, 0.15) is 11.7 Å². The average molecular weight is 325 g/mol. The van der Waals surface area contributed by atoms with Crippen LogP contribution in [-0.2, 0) is 4.79 Å². The van der Waals surface area contributed by atoms with E-state index < -0.39 is 17.8 Å². The second-order valence-electron chi connectivity index (χ2n) is 4.42. The number of anilines is 1. The molecule has 0 aliphatic heterocycles. The lowest BCUT2D eigenvalue weighted by Crippen LogP contribution is -2.33. The van der Waals surface area contributed by atoms with Crippen LogP contribution in [0.15, 0.2) is 42.5 Å². The molecule has 0 bridgehead atoms. The Morgan fingerprint density at radius 2 is 2.09 bits per heavy atom. The minimum absolute atomic E-state index is 0.0201. The highest BCUT2D eigenvalue weighted by atomic mass is 35.5. The normalized spacial score (nSPS) is 11.6. The topological polar surface area (TPSA) is 70.6 Å². The summed E-state index contributed by atoms with van der Waals surface area (Å²) in [5, 5.41) is 9.96. The molecule has 0 aliphatic rings. The van der Waals surface area contributed by atoms with Crippen LogP contribution in [0.2, 0.25) is 5.02 Å². The van der Waals surface area contributed by atoms with E-state index in [4.69, 9.17) is 16.3 Å². The maximum absolute atomic E-state index is 13.3. The number of hydrazine groups is 1. The van der Waals surface area contributed by atoms with Gasteiger partial charge in [0.15, 0.2) is 6.10 Å². The number of hydrogen-bond acceptors (Lipinski definition) is 4. The molecule has 1 amide bonds. The zero-order valence-corrected chi connectivity index (χ0v) is 12.4. The lowest BCUT2D eigenvalue weighted by atomic mass is 10.1. The van der Waals surface area contributed by atoms with Crippen LogP contribution in [0.5, 0.6) is 5.75 Å². The van der Waals surface area contributed by atoms with Crippen molar-refractivity contribution in [2.24, 2.45) is 0 Å². The van der Waals surface area contributed by atoms with Crippen LogP contribution >= 0.6 is 11.6 Å². The van der Waals surface area contributed by atoms with Crippen molar-refractivity contribution >= 4 is 23.2 Å². The van der Waals surface area contributed by atoms with E-state index in [1.54, 1.807) is 24.3 Å². The molecule has 2 rings (SSSR count). The van der Waals surface area contributed by atoms with Gasteiger partial charge in [0.2, 0.25) is 0 Å². The highest BCUT2D eigenvalue weighted by molar-refractivity contribution is 6.30. The maximum atomic E-state index is 13.3. The highest BCUT2D eigenvalue weighted by Crippen LogP contribution is 2.20. The summed E-state index contributed by atoms with van der Waals surface area (Å²) < 4.78 is 18.3. The predicted octanol–water partition coefficient (Wildman–Crippen LogP) is 2.66. The van der Waals surface area contributed by atoms with Gasteiger partial charge in [-0.25, -0.2) is 4.39 Å². The molecule has 2 aromatic rings. The first-order valence-corrected chi connectivity index (χ1v) is 6.72. The van der Waals surface area contributed by atoms with Gasteiger partial charge in [-0.1, -0.05) is 23.7 Å². The summed E-state index contributed by atoms with van der Waals surface area (Å²) in [6, 6.07) is 10.5. The van der Waals surface area contributed by atoms with Crippen LogP contribution in [0.25, 0.3) is 0 Å². The fourth-order valence-electron chi connectivity index (χ4n) is 1.74. The minimum Gasteiger partial charge on any atom is -0.497 e. The van der Waals surface area contributed by atoms with Crippen LogP contribution in [0, 0.1) is 5.82 Å². The van der Waals surface area contributed by atoms with E-state index in [0.29, 0.717) is 17.0 Å². The Morgan fingerprint density at radius 3 is 2.77 bits per heavy atom. The summed E-state index contributed by atoms with van der Waals surface area (Å²) in [5.41, 5.74) is 5.47. The number of aliphatic hydroxyl groups is 1. The van der Waals surface area contributed by atoms with E-state index in [2.05, 4.69) is 10.9 Å². The fourth-order valence-corrected chi connectivity index (χ4v) is 1.86. The summed E-state index contributed by atoms with van der Waals surface area (Å²) in [7, 11) is 1.49. The predicted molar refractivity (Wildman–Crippen MR) is 81.1 cm³/mol. The van der Waals surface area contributed by atoms with Crippen LogP contribution < -0.4 is 15.6 Å². The first-order valence-electron chi connectivity index (χ1n) is 6.34. The first-order chi connectivity index (χ1) is 10.5. The zero-order valence-electron chi connectivity index (χ0n) is 11.6. The third-order valence-electron chi connectivity index (χ3n) is 2.91. The summed E-state index contributed by atoms with van der Waals surface area (Å²) in [6.45, 7) is 0. The number of carbonyl (C=O) groups excluding carboxylic acids is 1. The van der Waals surface area contributed by atoms with E-state index in [-0.39, 0.29) is 5.02 Å². The molecule has 0 aromatic heterocycles. The molecule has 2 aromatic carbocycles. The van der Waals surface area contributed by atoms with Gasteiger partial charge in [0, 0.05) is 6.07 Å². The summed E-state index contributed by atoms with van der Waals surface area (Å²) in [4.78, 5) is 11.9. The number of rotatable bonds is 5. The van der Waals surface area contributed by atoms with E-state index >= 15 is 0 Å². The third-order valence-corrected chi connectivity index (χ3v) is 3.21. The van der Waals surface area contributed by atoms with Crippen molar-refractivity contribution in [2.45, 2.75) is 6.10 Å². The summed E-state index contributed by atoms with van der Waals surface area (Å²) >= 11 is 5.56. The average Bonchev–Trinajstić information content (AvgIpc) is 2.55. The largest absolute Gasteiger partial charge is 0.497 e. The van der Waals surface area contributed by atoms with Crippen molar-refractivity contribution < 1.29 is 19.0 Å². The van der Waals surface area contributed by atoms with Gasteiger partial charge in [-0.05, 0) is 29.8 Å². The first kappa shape index (κ1) is 16.1. The number of nitrogens with one attached hydrogen (secondary N) is 2. The summed E-state index contributed by atoms with van der Waals surface area (Å²) in [5.74, 6) is -0.782. The number of benzene rings is 2. The zero-order chi connectivity index (χ0) is 16.1. The van der Waals surface area contributed by atoms with Gasteiger partial charge in [0.05, 0.1) is 17.8 Å². The quantitative estimate of drug-likeness (QED) is 0.740. The molecule has 22 heavy (non-hydrogen) atoms. The van der Waals surface area contributed by atoms with Crippen molar-refractivity contribution in [3.63, 3.8) is 0 Å². The fraction of sp³-hybridized carbons (Fsp3) is 0.133. The van der Waals surface area contributed by atoms with Crippen LogP contribution in [0.3, 0.4) is 0 Å². The lowest BCUT2D eigenvalue weighted by Gasteiger charge is -2.14. The molecule has 1 atom stereocenters. The van der Waals surface area contributed by atoms with Crippen molar-refractivity contribution in [3.05, 3.63) is 58.9 Å². The molecule has 5 nitrogen and oxygen atoms in total. The smallest absolute Gasteiger partial charge is 0.271 e.